The summed E-state index contributed by atoms with van der Waals surface area (Å²) >= 11 is 0. The van der Waals surface area contributed by atoms with Gasteiger partial charge in [0.1, 0.15) is 0 Å². The number of rotatable bonds is 7. The summed E-state index contributed by atoms with van der Waals surface area (Å²) in [6.07, 6.45) is 0.169. The molecule has 0 aliphatic rings. The molecule has 0 aliphatic carbocycles. The maximum absolute atomic E-state index is 10.7. The Bertz CT molecular complexity index is 435. The molecule has 0 saturated heterocycles. The Kier molecular flexibility index (Phi) is 5.72. The van der Waals surface area contributed by atoms with Crippen LogP contribution in [0.15, 0.2) is 18.2 Å². The molecule has 0 amide bonds. The van der Waals surface area contributed by atoms with Gasteiger partial charge < -0.3 is 14.7 Å². The number of ether oxygens (including phenoxy) is 1. The van der Waals surface area contributed by atoms with Crippen molar-refractivity contribution in [3.8, 4) is 0 Å². The molecule has 0 fully saturated rings. The van der Waals surface area contributed by atoms with Gasteiger partial charge in [-0.05, 0) is 19.9 Å². The van der Waals surface area contributed by atoms with Crippen LogP contribution in [0.3, 0.4) is 0 Å². The monoisotopic (exact) mass is 268 g/mol. The number of aliphatic hydroxyl groups is 1. The molecule has 0 heterocycles. The van der Waals surface area contributed by atoms with E-state index in [0.29, 0.717) is 18.7 Å². The molecule has 6 heteroatoms. The van der Waals surface area contributed by atoms with Gasteiger partial charge in [-0.15, -0.1) is 0 Å². The number of aliphatic hydroxyl groups excluding tert-OH is 1. The van der Waals surface area contributed by atoms with Crippen LogP contribution in [0.5, 0.6) is 0 Å². The van der Waals surface area contributed by atoms with Crippen molar-refractivity contribution in [2.75, 3.05) is 25.1 Å². The Morgan fingerprint density at radius 1 is 1.47 bits per heavy atom. The zero-order valence-corrected chi connectivity index (χ0v) is 11.5. The van der Waals surface area contributed by atoms with Crippen molar-refractivity contribution in [1.82, 2.24) is 0 Å². The molecule has 0 saturated carbocycles. The number of nitro benzene ring substituents is 1. The lowest BCUT2D eigenvalue weighted by atomic mass is 10.1. The molecule has 1 N–H and O–H groups in total. The predicted molar refractivity (Wildman–Crippen MR) is 73.4 cm³/mol. The number of benzene rings is 1. The van der Waals surface area contributed by atoms with E-state index < -0.39 is 4.92 Å². The first kappa shape index (κ1) is 15.4. The second kappa shape index (κ2) is 7.06. The van der Waals surface area contributed by atoms with Crippen LogP contribution in [0.4, 0.5) is 11.4 Å². The van der Waals surface area contributed by atoms with Gasteiger partial charge in [-0.25, -0.2) is 0 Å². The van der Waals surface area contributed by atoms with Gasteiger partial charge in [0.15, 0.2) is 0 Å². The van der Waals surface area contributed by atoms with E-state index in [-0.39, 0.29) is 18.4 Å². The van der Waals surface area contributed by atoms with Gasteiger partial charge in [-0.3, -0.25) is 10.1 Å². The number of likely N-dealkylation sites (N-methyl/N-ethyl adjacent to an activating group) is 1. The fraction of sp³-hybridized carbons (Fsp3) is 0.538. The number of anilines is 1. The Morgan fingerprint density at radius 2 is 2.16 bits per heavy atom. The maximum atomic E-state index is 10.7. The lowest BCUT2D eigenvalue weighted by Gasteiger charge is -2.22. The molecule has 0 aromatic heterocycles. The summed E-state index contributed by atoms with van der Waals surface area (Å²) in [4.78, 5) is 12.1. The third-order valence-electron chi connectivity index (χ3n) is 2.73. The topological polar surface area (TPSA) is 75.8 Å². The Hall–Kier alpha value is -1.66. The highest BCUT2D eigenvalue weighted by Gasteiger charge is 2.13. The number of non-ortho nitro benzene ring substituents is 1. The summed E-state index contributed by atoms with van der Waals surface area (Å²) in [7, 11) is 1.87. The van der Waals surface area contributed by atoms with Crippen molar-refractivity contribution < 1.29 is 14.8 Å². The standard InChI is InChI=1S/C13H20N2O4/c1-10(2)19-7-6-14(3)13-5-4-12(15(17)18)8-11(13)9-16/h4-5,8,10,16H,6-7,9H2,1-3H3. The highest BCUT2D eigenvalue weighted by atomic mass is 16.6. The third-order valence-corrected chi connectivity index (χ3v) is 2.73. The second-order valence-corrected chi connectivity index (χ2v) is 4.57. The molecule has 19 heavy (non-hydrogen) atoms. The van der Waals surface area contributed by atoms with E-state index >= 15 is 0 Å². The van der Waals surface area contributed by atoms with Gasteiger partial charge in [-0.2, -0.15) is 0 Å². The summed E-state index contributed by atoms with van der Waals surface area (Å²) in [5.41, 5.74) is 1.31. The first-order valence-corrected chi connectivity index (χ1v) is 6.16. The number of hydrogen-bond acceptors (Lipinski definition) is 5. The zero-order valence-electron chi connectivity index (χ0n) is 11.5. The van der Waals surface area contributed by atoms with Crippen LogP contribution < -0.4 is 4.90 Å². The molecule has 0 unspecified atom stereocenters. The van der Waals surface area contributed by atoms with E-state index in [2.05, 4.69) is 0 Å². The van der Waals surface area contributed by atoms with Crippen molar-refractivity contribution in [2.24, 2.45) is 0 Å². The highest BCUT2D eigenvalue weighted by Crippen LogP contribution is 2.24. The molecule has 0 radical (unpaired) electrons. The normalized spacial score (nSPS) is 10.8. The minimum atomic E-state index is -0.467. The van der Waals surface area contributed by atoms with E-state index in [4.69, 9.17) is 4.74 Å². The molecule has 0 atom stereocenters. The van der Waals surface area contributed by atoms with Gasteiger partial charge in [0.2, 0.25) is 0 Å². The first-order chi connectivity index (χ1) is 8.95. The van der Waals surface area contributed by atoms with E-state index in [1.807, 2.05) is 25.8 Å². The Balaban J connectivity index is 2.78. The molecule has 1 rings (SSSR count). The van der Waals surface area contributed by atoms with Crippen LogP contribution in [-0.2, 0) is 11.3 Å². The van der Waals surface area contributed by atoms with Crippen molar-refractivity contribution in [1.29, 1.82) is 0 Å². The van der Waals surface area contributed by atoms with Crippen LogP contribution in [-0.4, -0.2) is 36.3 Å². The van der Waals surface area contributed by atoms with Crippen molar-refractivity contribution in [2.45, 2.75) is 26.6 Å². The molecule has 6 nitrogen and oxygen atoms in total. The Morgan fingerprint density at radius 3 is 2.68 bits per heavy atom. The summed E-state index contributed by atoms with van der Waals surface area (Å²) < 4.78 is 5.46. The molecular weight excluding hydrogens is 248 g/mol. The smallest absolute Gasteiger partial charge is 0.269 e. The maximum Gasteiger partial charge on any atom is 0.269 e. The van der Waals surface area contributed by atoms with Gasteiger partial charge in [0.05, 0.1) is 24.2 Å². The zero-order chi connectivity index (χ0) is 14.4. The van der Waals surface area contributed by atoms with Crippen molar-refractivity contribution >= 4 is 11.4 Å². The van der Waals surface area contributed by atoms with Crippen LogP contribution in [0.25, 0.3) is 0 Å². The summed E-state index contributed by atoms with van der Waals surface area (Å²) in [5, 5.41) is 20.0. The number of nitrogens with zero attached hydrogens (tertiary/aromatic N) is 2. The summed E-state index contributed by atoms with van der Waals surface area (Å²) in [6, 6.07) is 4.49. The Labute approximate surface area is 112 Å². The molecule has 106 valence electrons. The van der Waals surface area contributed by atoms with Gasteiger partial charge >= 0.3 is 0 Å². The third kappa shape index (κ3) is 4.50. The average molecular weight is 268 g/mol. The van der Waals surface area contributed by atoms with E-state index in [0.717, 1.165) is 5.69 Å². The lowest BCUT2D eigenvalue weighted by Crippen LogP contribution is -2.25. The predicted octanol–water partition coefficient (Wildman–Crippen LogP) is 1.95. The minimum absolute atomic E-state index is 0.0142. The highest BCUT2D eigenvalue weighted by molar-refractivity contribution is 5.57. The average Bonchev–Trinajstić information content (AvgIpc) is 2.37. The SMILES string of the molecule is CC(C)OCCN(C)c1ccc([N+](=O)[O-])cc1CO. The number of hydrogen-bond donors (Lipinski definition) is 1. The summed E-state index contributed by atoms with van der Waals surface area (Å²) in [5.74, 6) is 0. The quantitative estimate of drug-likeness (QED) is 0.604. The first-order valence-electron chi connectivity index (χ1n) is 6.16. The minimum Gasteiger partial charge on any atom is -0.392 e. The number of nitro groups is 1. The van der Waals surface area contributed by atoms with E-state index in [9.17, 15) is 15.2 Å². The van der Waals surface area contributed by atoms with Crippen LogP contribution in [0.1, 0.15) is 19.4 Å². The van der Waals surface area contributed by atoms with E-state index in [1.165, 1.54) is 12.1 Å². The van der Waals surface area contributed by atoms with Crippen molar-refractivity contribution in [3.05, 3.63) is 33.9 Å². The molecular formula is C13H20N2O4. The van der Waals surface area contributed by atoms with E-state index in [1.54, 1.807) is 6.07 Å². The fourth-order valence-electron chi connectivity index (χ4n) is 1.73. The fourth-order valence-corrected chi connectivity index (χ4v) is 1.73. The molecule has 0 bridgehead atoms. The van der Waals surface area contributed by atoms with Crippen LogP contribution in [0.2, 0.25) is 0 Å². The van der Waals surface area contributed by atoms with Gasteiger partial charge in [0.25, 0.3) is 5.69 Å². The molecule has 0 spiro atoms. The second-order valence-electron chi connectivity index (χ2n) is 4.57. The van der Waals surface area contributed by atoms with Crippen LogP contribution in [0, 0.1) is 10.1 Å². The molecule has 0 aliphatic heterocycles. The van der Waals surface area contributed by atoms with Crippen LogP contribution >= 0.6 is 0 Å². The molecule has 1 aromatic carbocycles. The van der Waals surface area contributed by atoms with Gasteiger partial charge in [-0.1, -0.05) is 0 Å². The lowest BCUT2D eigenvalue weighted by molar-refractivity contribution is -0.384. The largest absolute Gasteiger partial charge is 0.392 e. The molecule has 1 aromatic rings. The summed E-state index contributed by atoms with van der Waals surface area (Å²) in [6.45, 7) is 4.92. The van der Waals surface area contributed by atoms with Crippen molar-refractivity contribution in [3.63, 3.8) is 0 Å². The van der Waals surface area contributed by atoms with Gasteiger partial charge in [0, 0.05) is 37.0 Å².